The maximum Gasteiger partial charge on any atom is 0.193 e. The lowest BCUT2D eigenvalue weighted by molar-refractivity contribution is 0.103. The van der Waals surface area contributed by atoms with E-state index in [1.54, 1.807) is 11.3 Å². The summed E-state index contributed by atoms with van der Waals surface area (Å²) in [4.78, 5) is 15.8. The van der Waals surface area contributed by atoms with Crippen LogP contribution in [0.3, 0.4) is 0 Å². The third kappa shape index (κ3) is 4.17. The number of thiophene rings is 1. The molecule has 0 saturated carbocycles. The van der Waals surface area contributed by atoms with Crippen molar-refractivity contribution in [1.82, 2.24) is 4.90 Å². The zero-order chi connectivity index (χ0) is 21.3. The largest absolute Gasteiger partial charge is 0.390 e. The van der Waals surface area contributed by atoms with E-state index in [1.807, 2.05) is 30.3 Å². The van der Waals surface area contributed by atoms with Crippen LogP contribution in [-0.4, -0.2) is 30.3 Å². The molecule has 2 aromatic carbocycles. The molecular weight excluding hydrogens is 388 g/mol. The van der Waals surface area contributed by atoms with Crippen molar-refractivity contribution in [3.8, 4) is 0 Å². The van der Waals surface area contributed by atoms with Gasteiger partial charge < -0.3 is 10.6 Å². The quantitative estimate of drug-likeness (QED) is 0.489. The molecule has 0 atom stereocenters. The molecule has 2 heterocycles. The minimum absolute atomic E-state index is 0.108. The highest BCUT2D eigenvalue weighted by molar-refractivity contribution is 7.22. The number of nitrogens with two attached hydrogens (primary N) is 1. The summed E-state index contributed by atoms with van der Waals surface area (Å²) in [6.45, 7) is 10.1. The molecule has 30 heavy (non-hydrogen) atoms. The first-order valence-corrected chi connectivity index (χ1v) is 12.0. The summed E-state index contributed by atoms with van der Waals surface area (Å²) in [6, 6.07) is 14.1. The van der Waals surface area contributed by atoms with Crippen molar-refractivity contribution in [2.75, 3.05) is 25.4 Å². The van der Waals surface area contributed by atoms with E-state index in [2.05, 4.69) is 37.8 Å². The van der Waals surface area contributed by atoms with Gasteiger partial charge in [-0.2, -0.15) is 0 Å². The van der Waals surface area contributed by atoms with Gasteiger partial charge in [0, 0.05) is 22.4 Å². The molecule has 3 aromatic rings. The highest BCUT2D eigenvalue weighted by atomic mass is 32.1. The molecule has 158 valence electrons. The van der Waals surface area contributed by atoms with Crippen LogP contribution in [0.5, 0.6) is 0 Å². The van der Waals surface area contributed by atoms with E-state index < -0.39 is 0 Å². The first-order chi connectivity index (χ1) is 14.5. The average Bonchev–Trinajstić information content (AvgIpc) is 3.08. The molecule has 1 aliphatic rings. The van der Waals surface area contributed by atoms with Crippen molar-refractivity contribution in [3.05, 3.63) is 64.7 Å². The van der Waals surface area contributed by atoms with Crippen LogP contribution in [-0.2, 0) is 6.42 Å². The van der Waals surface area contributed by atoms with Crippen molar-refractivity contribution in [3.63, 3.8) is 0 Å². The second-order valence-electron chi connectivity index (χ2n) is 8.90. The van der Waals surface area contributed by atoms with Crippen LogP contribution in [0.4, 0.5) is 5.00 Å². The van der Waals surface area contributed by atoms with Gasteiger partial charge in [0.05, 0.1) is 5.00 Å². The minimum atomic E-state index is 0.108. The molecule has 0 aliphatic carbocycles. The molecule has 4 heteroatoms. The Balaban J connectivity index is 1.64. The fourth-order valence-electron chi connectivity index (χ4n) is 4.82. The Kier molecular flexibility index (Phi) is 6.26. The molecule has 4 rings (SSSR count). The van der Waals surface area contributed by atoms with Crippen LogP contribution >= 0.6 is 11.3 Å². The molecule has 0 bridgehead atoms. The maximum absolute atomic E-state index is 13.3. The number of rotatable bonds is 6. The molecular formula is C26H32N2OS. The van der Waals surface area contributed by atoms with Crippen molar-refractivity contribution >= 4 is 32.2 Å². The van der Waals surface area contributed by atoms with E-state index in [1.165, 1.54) is 22.2 Å². The Hall–Kier alpha value is -2.17. The third-order valence-electron chi connectivity index (χ3n) is 6.28. The lowest BCUT2D eigenvalue weighted by Gasteiger charge is -2.33. The molecule has 1 saturated heterocycles. The summed E-state index contributed by atoms with van der Waals surface area (Å²) in [5.74, 6) is 1.29. The maximum atomic E-state index is 13.3. The number of aryl methyl sites for hydroxylation is 1. The number of ketones is 1. The number of hydrogen-bond donors (Lipinski definition) is 1. The fraction of sp³-hybridized carbons (Fsp3) is 0.423. The zero-order valence-corrected chi connectivity index (χ0v) is 19.1. The summed E-state index contributed by atoms with van der Waals surface area (Å²) in [6.07, 6.45) is 3.13. The van der Waals surface area contributed by atoms with Gasteiger partial charge in [0.15, 0.2) is 5.78 Å². The molecule has 1 fully saturated rings. The number of likely N-dealkylation sites (tertiary alicyclic amines) is 1. The number of nitrogens with zero attached hydrogens (tertiary/aromatic N) is 1. The van der Waals surface area contributed by atoms with Crippen molar-refractivity contribution in [2.45, 2.75) is 46.0 Å². The van der Waals surface area contributed by atoms with E-state index in [9.17, 15) is 4.79 Å². The lowest BCUT2D eigenvalue weighted by Crippen LogP contribution is -2.35. The van der Waals surface area contributed by atoms with E-state index in [-0.39, 0.29) is 5.78 Å². The number of hydrogen-bond acceptors (Lipinski definition) is 4. The Morgan fingerprint density at radius 2 is 1.90 bits per heavy atom. The van der Waals surface area contributed by atoms with E-state index in [0.717, 1.165) is 54.0 Å². The van der Waals surface area contributed by atoms with Gasteiger partial charge in [0.1, 0.15) is 0 Å². The van der Waals surface area contributed by atoms with Crippen LogP contribution in [0.15, 0.2) is 42.5 Å². The van der Waals surface area contributed by atoms with Crippen LogP contribution < -0.4 is 5.73 Å². The molecule has 2 N–H and O–H groups in total. The standard InChI is InChI=1S/C26H32N2OS/c1-4-18-7-5-6-8-21(18)25(29)20-9-10-23-22(15-20)24(26(27)30-23)19-11-13-28(14-12-19)16-17(2)3/h5-10,15,17,19H,4,11-14,16,27H2,1-3H3. The molecule has 0 spiro atoms. The van der Waals surface area contributed by atoms with Gasteiger partial charge in [0.2, 0.25) is 0 Å². The second-order valence-corrected chi connectivity index (χ2v) is 9.98. The Bertz CT molecular complexity index is 1040. The highest BCUT2D eigenvalue weighted by Crippen LogP contribution is 2.42. The first-order valence-electron chi connectivity index (χ1n) is 11.1. The summed E-state index contributed by atoms with van der Waals surface area (Å²) in [5, 5.41) is 2.10. The fourth-order valence-corrected chi connectivity index (χ4v) is 5.86. The molecule has 0 amide bonds. The number of benzene rings is 2. The van der Waals surface area contributed by atoms with Crippen molar-refractivity contribution in [1.29, 1.82) is 0 Å². The number of nitrogen functional groups attached to an aromatic ring is 1. The number of anilines is 1. The predicted molar refractivity (Wildman–Crippen MR) is 129 cm³/mol. The van der Waals surface area contributed by atoms with Crippen LogP contribution in [0.1, 0.15) is 66.6 Å². The van der Waals surface area contributed by atoms with Gasteiger partial charge in [-0.05, 0) is 78.9 Å². The molecule has 0 radical (unpaired) electrons. The summed E-state index contributed by atoms with van der Waals surface area (Å²) < 4.78 is 1.19. The average molecular weight is 421 g/mol. The van der Waals surface area contributed by atoms with Gasteiger partial charge in [-0.1, -0.05) is 45.0 Å². The Labute approximate surface area is 183 Å². The first kappa shape index (κ1) is 21.1. The lowest BCUT2D eigenvalue weighted by atomic mass is 9.87. The highest BCUT2D eigenvalue weighted by Gasteiger charge is 2.26. The van der Waals surface area contributed by atoms with Crippen molar-refractivity contribution < 1.29 is 4.79 Å². The number of piperidine rings is 1. The van der Waals surface area contributed by atoms with Crippen molar-refractivity contribution in [2.24, 2.45) is 5.92 Å². The minimum Gasteiger partial charge on any atom is -0.390 e. The van der Waals surface area contributed by atoms with Crippen LogP contribution in [0, 0.1) is 5.92 Å². The Morgan fingerprint density at radius 1 is 1.17 bits per heavy atom. The van der Waals surface area contributed by atoms with Gasteiger partial charge >= 0.3 is 0 Å². The van der Waals surface area contributed by atoms with E-state index in [4.69, 9.17) is 5.73 Å². The van der Waals surface area contributed by atoms with Gasteiger partial charge in [-0.3, -0.25) is 4.79 Å². The summed E-state index contributed by atoms with van der Waals surface area (Å²) in [7, 11) is 0. The molecule has 3 nitrogen and oxygen atoms in total. The summed E-state index contributed by atoms with van der Waals surface area (Å²) in [5.41, 5.74) is 10.5. The van der Waals surface area contributed by atoms with Gasteiger partial charge in [0.25, 0.3) is 0 Å². The van der Waals surface area contributed by atoms with Gasteiger partial charge in [-0.25, -0.2) is 0 Å². The number of carbonyl (C=O) groups excluding carboxylic acids is 1. The SMILES string of the molecule is CCc1ccccc1C(=O)c1ccc2sc(N)c(C3CCN(CC(C)C)CC3)c2c1. The predicted octanol–water partition coefficient (Wildman–Crippen LogP) is 6.11. The monoisotopic (exact) mass is 420 g/mol. The zero-order valence-electron chi connectivity index (χ0n) is 18.3. The third-order valence-corrected chi connectivity index (χ3v) is 7.30. The van der Waals surface area contributed by atoms with E-state index in [0.29, 0.717) is 11.8 Å². The summed E-state index contributed by atoms with van der Waals surface area (Å²) >= 11 is 1.66. The molecule has 1 aliphatic heterocycles. The molecule has 1 aromatic heterocycles. The number of carbonyl (C=O) groups is 1. The van der Waals surface area contributed by atoms with Crippen LogP contribution in [0.2, 0.25) is 0 Å². The van der Waals surface area contributed by atoms with Gasteiger partial charge in [-0.15, -0.1) is 11.3 Å². The smallest absolute Gasteiger partial charge is 0.193 e. The molecule has 0 unspecified atom stereocenters. The normalized spacial score (nSPS) is 15.9. The van der Waals surface area contributed by atoms with E-state index >= 15 is 0 Å². The Morgan fingerprint density at radius 3 is 2.60 bits per heavy atom. The van der Waals surface area contributed by atoms with Crippen LogP contribution in [0.25, 0.3) is 10.1 Å². The topological polar surface area (TPSA) is 46.3 Å². The second kappa shape index (κ2) is 8.91. The number of fused-ring (bicyclic) bond motifs is 1.